The zero-order valence-corrected chi connectivity index (χ0v) is 15.7. The van der Waals surface area contributed by atoms with Gasteiger partial charge in [-0.1, -0.05) is 37.5 Å². The van der Waals surface area contributed by atoms with Crippen LogP contribution >= 0.6 is 0 Å². The van der Waals surface area contributed by atoms with Gasteiger partial charge in [-0.25, -0.2) is 4.79 Å². The lowest BCUT2D eigenvalue weighted by molar-refractivity contribution is 0.0600. The van der Waals surface area contributed by atoms with Crippen molar-refractivity contribution >= 4 is 30.9 Å². The van der Waals surface area contributed by atoms with E-state index < -0.39 is 5.97 Å². The molecule has 0 saturated heterocycles. The molecule has 5 heteroatoms. The first-order valence-corrected chi connectivity index (χ1v) is 8.20. The summed E-state index contributed by atoms with van der Waals surface area (Å²) in [7, 11) is 7.09. The Morgan fingerprint density at radius 1 is 0.960 bits per heavy atom. The number of nitrogens with one attached hydrogen (secondary N) is 1. The van der Waals surface area contributed by atoms with Crippen molar-refractivity contribution in [2.75, 3.05) is 12.4 Å². The van der Waals surface area contributed by atoms with E-state index in [1.807, 2.05) is 40.7 Å². The van der Waals surface area contributed by atoms with E-state index in [1.165, 1.54) is 7.11 Å². The molecule has 0 bridgehead atoms. The van der Waals surface area contributed by atoms with Gasteiger partial charge in [-0.15, -0.1) is 0 Å². The molecule has 4 nitrogen and oxygen atoms in total. The Balaban J connectivity index is 0.00000151. The number of carbonyl (C=O) groups excluding carboxylic acids is 2. The number of hydrogen-bond donors (Lipinski definition) is 1. The average molecular weight is 337 g/mol. The quantitative estimate of drug-likeness (QED) is 0.689. The van der Waals surface area contributed by atoms with Crippen molar-refractivity contribution in [1.82, 2.24) is 0 Å². The van der Waals surface area contributed by atoms with E-state index in [1.54, 1.807) is 24.3 Å². The smallest absolute Gasteiger partial charge is 0.337 e. The van der Waals surface area contributed by atoms with Crippen LogP contribution in [0.3, 0.4) is 0 Å². The van der Waals surface area contributed by atoms with E-state index in [-0.39, 0.29) is 5.91 Å². The number of amides is 1. The van der Waals surface area contributed by atoms with Crippen LogP contribution in [-0.4, -0.2) is 26.8 Å². The molecule has 2 aromatic carbocycles. The number of carbonyl (C=O) groups is 2. The maximum absolute atomic E-state index is 12.5. The summed E-state index contributed by atoms with van der Waals surface area (Å²) in [6, 6.07) is 8.61. The van der Waals surface area contributed by atoms with Gasteiger partial charge in [0.05, 0.1) is 12.7 Å². The van der Waals surface area contributed by atoms with Gasteiger partial charge in [-0.3, -0.25) is 4.79 Å². The van der Waals surface area contributed by atoms with Gasteiger partial charge in [0.2, 0.25) is 0 Å². The van der Waals surface area contributed by atoms with Crippen molar-refractivity contribution in [3.63, 3.8) is 0 Å². The summed E-state index contributed by atoms with van der Waals surface area (Å²) >= 11 is 0. The monoisotopic (exact) mass is 337 g/mol. The van der Waals surface area contributed by atoms with Crippen LogP contribution in [0.5, 0.6) is 0 Å². The van der Waals surface area contributed by atoms with E-state index in [4.69, 9.17) is 12.6 Å². The predicted octanol–water partition coefficient (Wildman–Crippen LogP) is 3.47. The number of esters is 1. The topological polar surface area (TPSA) is 55.4 Å². The lowest BCUT2D eigenvalue weighted by Gasteiger charge is -2.14. The Hall–Kier alpha value is -2.56. The van der Waals surface area contributed by atoms with E-state index >= 15 is 0 Å². The highest BCUT2D eigenvalue weighted by Crippen LogP contribution is 2.23. The van der Waals surface area contributed by atoms with Crippen LogP contribution in [0.15, 0.2) is 30.3 Å². The summed E-state index contributed by atoms with van der Waals surface area (Å²) in [6.07, 6.45) is 0. The molecule has 0 atom stereocenters. The third-order valence-electron chi connectivity index (χ3n) is 3.70. The van der Waals surface area contributed by atoms with Gasteiger partial charge in [-0.2, -0.15) is 0 Å². The molecular weight excluding hydrogens is 313 g/mol. The first-order chi connectivity index (χ1) is 11.8. The van der Waals surface area contributed by atoms with E-state index in [0.29, 0.717) is 22.3 Å². The Labute approximate surface area is 151 Å². The van der Waals surface area contributed by atoms with Gasteiger partial charge < -0.3 is 10.1 Å². The van der Waals surface area contributed by atoms with Crippen molar-refractivity contribution in [2.24, 2.45) is 0 Å². The number of benzene rings is 2. The Morgan fingerprint density at radius 3 is 2.04 bits per heavy atom. The second-order valence-corrected chi connectivity index (χ2v) is 5.51. The maximum Gasteiger partial charge on any atom is 0.337 e. The first kappa shape index (κ1) is 20.5. The molecule has 1 amide bonds. The van der Waals surface area contributed by atoms with Gasteiger partial charge in [0.15, 0.2) is 0 Å². The Morgan fingerprint density at radius 2 is 1.52 bits per heavy atom. The number of hydrogen-bond acceptors (Lipinski definition) is 3. The molecule has 1 N–H and O–H groups in total. The molecule has 0 saturated carbocycles. The molecule has 0 spiro atoms. The van der Waals surface area contributed by atoms with Crippen molar-refractivity contribution < 1.29 is 14.3 Å². The molecule has 0 aromatic heterocycles. The highest BCUT2D eigenvalue weighted by Gasteiger charge is 2.15. The fraction of sp³-hybridized carbons (Fsp3) is 0.300. The van der Waals surface area contributed by atoms with E-state index in [0.717, 1.165) is 16.7 Å². The summed E-state index contributed by atoms with van der Waals surface area (Å²) in [4.78, 5) is 24.1. The van der Waals surface area contributed by atoms with E-state index in [9.17, 15) is 9.59 Å². The largest absolute Gasteiger partial charge is 0.465 e. The van der Waals surface area contributed by atoms with Crippen LogP contribution < -0.4 is 10.8 Å². The number of rotatable bonds is 3. The summed E-state index contributed by atoms with van der Waals surface area (Å²) in [6.45, 7) is 9.52. The average Bonchev–Trinajstić information content (AvgIpc) is 2.60. The SMILES string of the molecule is CC.[B]c1ccc(C)c(C(=O)Nc2c(C)cc(C(=O)OC)cc2C)c1. The third-order valence-corrected chi connectivity index (χ3v) is 3.70. The van der Waals surface area contributed by atoms with Crippen molar-refractivity contribution in [1.29, 1.82) is 0 Å². The fourth-order valence-corrected chi connectivity index (χ4v) is 2.46. The lowest BCUT2D eigenvalue weighted by atomic mass is 9.92. The maximum atomic E-state index is 12.5. The van der Waals surface area contributed by atoms with Gasteiger partial charge in [-0.05, 0) is 49.6 Å². The molecule has 25 heavy (non-hydrogen) atoms. The molecule has 130 valence electrons. The highest BCUT2D eigenvalue weighted by atomic mass is 16.5. The summed E-state index contributed by atoms with van der Waals surface area (Å²) in [5.41, 5.74) is 4.64. The summed E-state index contributed by atoms with van der Waals surface area (Å²) in [5, 5.41) is 2.90. The van der Waals surface area contributed by atoms with Crippen molar-refractivity contribution in [3.8, 4) is 0 Å². The van der Waals surface area contributed by atoms with Gasteiger partial charge >= 0.3 is 5.97 Å². The molecule has 2 rings (SSSR count). The van der Waals surface area contributed by atoms with Crippen LogP contribution in [0, 0.1) is 20.8 Å². The molecular formula is C20H24BNO3. The van der Waals surface area contributed by atoms with Gasteiger partial charge in [0.25, 0.3) is 5.91 Å². The minimum atomic E-state index is -0.402. The van der Waals surface area contributed by atoms with Crippen LogP contribution in [-0.2, 0) is 4.74 Å². The molecule has 2 radical (unpaired) electrons. The number of methoxy groups -OCH3 is 1. The van der Waals surface area contributed by atoms with Crippen LogP contribution in [0.1, 0.15) is 51.3 Å². The predicted molar refractivity (Wildman–Crippen MR) is 103 cm³/mol. The highest BCUT2D eigenvalue weighted by molar-refractivity contribution is 6.32. The number of anilines is 1. The zero-order valence-electron chi connectivity index (χ0n) is 15.7. The first-order valence-electron chi connectivity index (χ1n) is 8.20. The molecule has 2 aromatic rings. The normalized spacial score (nSPS) is 9.68. The summed E-state index contributed by atoms with van der Waals surface area (Å²) < 4.78 is 4.73. The van der Waals surface area contributed by atoms with E-state index in [2.05, 4.69) is 5.32 Å². The minimum absolute atomic E-state index is 0.230. The fourth-order valence-electron chi connectivity index (χ4n) is 2.46. The lowest BCUT2D eigenvalue weighted by Crippen LogP contribution is -2.18. The molecule has 0 fully saturated rings. The van der Waals surface area contributed by atoms with Crippen LogP contribution in [0.25, 0.3) is 0 Å². The summed E-state index contributed by atoms with van der Waals surface area (Å²) in [5.74, 6) is -0.632. The van der Waals surface area contributed by atoms with Crippen LogP contribution in [0.4, 0.5) is 5.69 Å². The standard InChI is InChI=1S/C18H18BNO3.C2H6/c1-10-5-6-14(19)9-15(10)17(21)20-16-11(2)7-13(8-12(16)3)18(22)23-4;1-2/h5-9H,1-4H3,(H,20,21);1-2H3. The molecule has 0 aliphatic rings. The molecule has 0 aliphatic heterocycles. The van der Waals surface area contributed by atoms with Gasteiger partial charge in [0, 0.05) is 11.3 Å². The van der Waals surface area contributed by atoms with Crippen LogP contribution in [0.2, 0.25) is 0 Å². The number of aryl methyl sites for hydroxylation is 3. The molecule has 0 unspecified atom stereocenters. The zero-order chi connectivity index (χ0) is 19.1. The number of ether oxygens (including phenoxy) is 1. The second-order valence-electron chi connectivity index (χ2n) is 5.51. The minimum Gasteiger partial charge on any atom is -0.465 e. The van der Waals surface area contributed by atoms with Crippen molar-refractivity contribution in [2.45, 2.75) is 34.6 Å². The molecule has 0 heterocycles. The third kappa shape index (κ3) is 4.96. The van der Waals surface area contributed by atoms with Gasteiger partial charge in [0.1, 0.15) is 7.85 Å². The second kappa shape index (κ2) is 9.07. The Bertz CT molecular complexity index is 762. The van der Waals surface area contributed by atoms with Crippen molar-refractivity contribution in [3.05, 3.63) is 58.1 Å². The molecule has 0 aliphatic carbocycles. The Kier molecular flexibility index (Phi) is 7.43.